The zero-order valence-corrected chi connectivity index (χ0v) is 13.1. The van der Waals surface area contributed by atoms with E-state index in [0.29, 0.717) is 18.5 Å². The summed E-state index contributed by atoms with van der Waals surface area (Å²) in [6, 6.07) is 0.354. The molecular formula is C16H22N4O2. The van der Waals surface area contributed by atoms with Gasteiger partial charge in [0.25, 0.3) is 0 Å². The number of nitrogens with zero attached hydrogens (tertiary/aromatic N) is 3. The van der Waals surface area contributed by atoms with Gasteiger partial charge in [-0.15, -0.1) is 0 Å². The number of anilines is 1. The standard InChI is InChI=1S/C16H22N4O2/c1-4-14(21)20-10-13-12(16(20,2)3)9-17-15(19-13)18-11-5-7-22-8-6-11/h4,9,11H,1,5-8,10H2,2-3H3,(H,17,18,19). The summed E-state index contributed by atoms with van der Waals surface area (Å²) < 4.78 is 5.36. The minimum Gasteiger partial charge on any atom is -0.381 e. The van der Waals surface area contributed by atoms with Crippen molar-refractivity contribution in [1.82, 2.24) is 14.9 Å². The molecule has 1 amide bonds. The highest BCUT2D eigenvalue weighted by Crippen LogP contribution is 2.37. The lowest BCUT2D eigenvalue weighted by Crippen LogP contribution is -2.39. The van der Waals surface area contributed by atoms with Crippen molar-refractivity contribution in [2.24, 2.45) is 0 Å². The first-order valence-corrected chi connectivity index (χ1v) is 7.67. The molecule has 0 saturated carbocycles. The zero-order chi connectivity index (χ0) is 15.7. The quantitative estimate of drug-likeness (QED) is 0.863. The zero-order valence-electron chi connectivity index (χ0n) is 13.1. The van der Waals surface area contributed by atoms with Gasteiger partial charge in [-0.25, -0.2) is 9.97 Å². The van der Waals surface area contributed by atoms with Gasteiger partial charge in [0.05, 0.1) is 17.8 Å². The third-order valence-corrected chi connectivity index (χ3v) is 4.50. The fourth-order valence-corrected chi connectivity index (χ4v) is 3.10. The highest BCUT2D eigenvalue weighted by molar-refractivity contribution is 5.88. The van der Waals surface area contributed by atoms with Crippen LogP contribution in [0, 0.1) is 0 Å². The first-order valence-electron chi connectivity index (χ1n) is 7.67. The lowest BCUT2D eigenvalue weighted by Gasteiger charge is -2.31. The Hall–Kier alpha value is -1.95. The molecule has 2 aliphatic rings. The topological polar surface area (TPSA) is 67.4 Å². The van der Waals surface area contributed by atoms with Crippen LogP contribution in [0.15, 0.2) is 18.9 Å². The Morgan fingerprint density at radius 1 is 1.50 bits per heavy atom. The number of carbonyl (C=O) groups is 1. The molecule has 3 rings (SSSR count). The highest BCUT2D eigenvalue weighted by atomic mass is 16.5. The highest BCUT2D eigenvalue weighted by Gasteiger charge is 2.40. The van der Waals surface area contributed by atoms with Crippen molar-refractivity contribution >= 4 is 11.9 Å². The Labute approximate surface area is 130 Å². The van der Waals surface area contributed by atoms with Crippen molar-refractivity contribution in [1.29, 1.82) is 0 Å². The Bertz CT molecular complexity index is 594. The van der Waals surface area contributed by atoms with Crippen LogP contribution in [0.5, 0.6) is 0 Å². The molecule has 0 atom stereocenters. The van der Waals surface area contributed by atoms with E-state index in [1.807, 2.05) is 20.0 Å². The molecule has 1 fully saturated rings. The first kappa shape index (κ1) is 15.0. The summed E-state index contributed by atoms with van der Waals surface area (Å²) in [5.41, 5.74) is 1.50. The second-order valence-corrected chi connectivity index (χ2v) is 6.27. The van der Waals surface area contributed by atoms with Crippen LogP contribution >= 0.6 is 0 Å². The van der Waals surface area contributed by atoms with E-state index in [9.17, 15) is 4.79 Å². The van der Waals surface area contributed by atoms with Crippen molar-refractivity contribution < 1.29 is 9.53 Å². The fraction of sp³-hybridized carbons (Fsp3) is 0.562. The van der Waals surface area contributed by atoms with Crippen molar-refractivity contribution in [3.05, 3.63) is 30.1 Å². The molecule has 1 N–H and O–H groups in total. The summed E-state index contributed by atoms with van der Waals surface area (Å²) in [4.78, 5) is 22.9. The maximum absolute atomic E-state index is 12.0. The number of amides is 1. The van der Waals surface area contributed by atoms with E-state index in [4.69, 9.17) is 4.74 Å². The molecule has 0 unspecified atom stereocenters. The summed E-state index contributed by atoms with van der Waals surface area (Å²) >= 11 is 0. The smallest absolute Gasteiger partial charge is 0.247 e. The SMILES string of the molecule is C=CC(=O)N1Cc2nc(NC3CCOCC3)ncc2C1(C)C. The van der Waals surface area contributed by atoms with Gasteiger partial charge in [-0.2, -0.15) is 0 Å². The number of carbonyl (C=O) groups excluding carboxylic acids is 1. The van der Waals surface area contributed by atoms with Crippen molar-refractivity contribution in [3.8, 4) is 0 Å². The second kappa shape index (κ2) is 5.68. The predicted molar refractivity (Wildman–Crippen MR) is 83.3 cm³/mol. The van der Waals surface area contributed by atoms with Crippen LogP contribution in [0.3, 0.4) is 0 Å². The van der Waals surface area contributed by atoms with Gasteiger partial charge in [-0.3, -0.25) is 4.79 Å². The van der Waals surface area contributed by atoms with E-state index in [2.05, 4.69) is 21.9 Å². The Morgan fingerprint density at radius 2 is 2.23 bits per heavy atom. The lowest BCUT2D eigenvalue weighted by molar-refractivity contribution is -0.131. The maximum Gasteiger partial charge on any atom is 0.247 e. The van der Waals surface area contributed by atoms with Gasteiger partial charge in [-0.1, -0.05) is 6.58 Å². The molecule has 3 heterocycles. The summed E-state index contributed by atoms with van der Waals surface area (Å²) in [5.74, 6) is 0.552. The van der Waals surface area contributed by atoms with Crippen LogP contribution in [0.4, 0.5) is 5.95 Å². The van der Waals surface area contributed by atoms with E-state index < -0.39 is 5.54 Å². The number of ether oxygens (including phenoxy) is 1. The number of hydrogen-bond donors (Lipinski definition) is 1. The van der Waals surface area contributed by atoms with Gasteiger partial charge in [0.2, 0.25) is 11.9 Å². The third kappa shape index (κ3) is 2.59. The summed E-state index contributed by atoms with van der Waals surface area (Å²) in [5, 5.41) is 3.37. The minimum absolute atomic E-state index is 0.0815. The molecular weight excluding hydrogens is 280 g/mol. The third-order valence-electron chi connectivity index (χ3n) is 4.50. The second-order valence-electron chi connectivity index (χ2n) is 6.27. The summed E-state index contributed by atoms with van der Waals surface area (Å²) in [7, 11) is 0. The molecule has 22 heavy (non-hydrogen) atoms. The lowest BCUT2D eigenvalue weighted by atomic mass is 9.97. The van der Waals surface area contributed by atoms with E-state index >= 15 is 0 Å². The largest absolute Gasteiger partial charge is 0.381 e. The molecule has 0 spiro atoms. The fourth-order valence-electron chi connectivity index (χ4n) is 3.10. The van der Waals surface area contributed by atoms with Crippen LogP contribution in [-0.2, 0) is 21.6 Å². The van der Waals surface area contributed by atoms with Crippen molar-refractivity contribution in [2.75, 3.05) is 18.5 Å². The molecule has 2 aliphatic heterocycles. The number of nitrogens with one attached hydrogen (secondary N) is 1. The summed E-state index contributed by atoms with van der Waals surface area (Å²) in [6.45, 7) is 9.64. The van der Waals surface area contributed by atoms with Crippen LogP contribution in [0.1, 0.15) is 37.9 Å². The van der Waals surface area contributed by atoms with Gasteiger partial charge < -0.3 is 15.0 Å². The predicted octanol–water partition coefficient (Wildman–Crippen LogP) is 1.83. The Morgan fingerprint density at radius 3 is 2.91 bits per heavy atom. The van der Waals surface area contributed by atoms with E-state index in [-0.39, 0.29) is 5.91 Å². The Balaban J connectivity index is 1.81. The van der Waals surface area contributed by atoms with Gasteiger partial charge in [0, 0.05) is 31.0 Å². The average Bonchev–Trinajstić information content (AvgIpc) is 2.78. The molecule has 6 nitrogen and oxygen atoms in total. The van der Waals surface area contributed by atoms with Crippen LogP contribution in [0.25, 0.3) is 0 Å². The van der Waals surface area contributed by atoms with E-state index in [1.165, 1.54) is 6.08 Å². The number of rotatable bonds is 3. The van der Waals surface area contributed by atoms with Crippen LogP contribution in [0.2, 0.25) is 0 Å². The first-order chi connectivity index (χ1) is 10.5. The van der Waals surface area contributed by atoms with Gasteiger partial charge in [-0.05, 0) is 32.8 Å². The molecule has 1 aromatic heterocycles. The molecule has 6 heteroatoms. The average molecular weight is 302 g/mol. The summed E-state index contributed by atoms with van der Waals surface area (Å²) in [6.07, 6.45) is 5.11. The maximum atomic E-state index is 12.0. The minimum atomic E-state index is -0.405. The molecule has 0 aliphatic carbocycles. The number of aromatic nitrogens is 2. The van der Waals surface area contributed by atoms with E-state index in [0.717, 1.165) is 37.3 Å². The molecule has 1 saturated heterocycles. The van der Waals surface area contributed by atoms with Crippen LogP contribution < -0.4 is 5.32 Å². The molecule has 0 bridgehead atoms. The van der Waals surface area contributed by atoms with Gasteiger partial charge in [0.15, 0.2) is 0 Å². The molecule has 1 aromatic rings. The molecule has 0 radical (unpaired) electrons. The Kier molecular flexibility index (Phi) is 3.87. The monoisotopic (exact) mass is 302 g/mol. The molecule has 118 valence electrons. The van der Waals surface area contributed by atoms with Crippen molar-refractivity contribution in [2.45, 2.75) is 44.8 Å². The number of hydrogen-bond acceptors (Lipinski definition) is 5. The van der Waals surface area contributed by atoms with Gasteiger partial charge >= 0.3 is 0 Å². The van der Waals surface area contributed by atoms with Crippen molar-refractivity contribution in [3.63, 3.8) is 0 Å². The van der Waals surface area contributed by atoms with Crippen LogP contribution in [-0.4, -0.2) is 40.0 Å². The van der Waals surface area contributed by atoms with E-state index in [1.54, 1.807) is 4.90 Å². The molecule has 0 aromatic carbocycles. The normalized spacial score (nSPS) is 20.5. The van der Waals surface area contributed by atoms with Gasteiger partial charge in [0.1, 0.15) is 0 Å². The number of fused-ring (bicyclic) bond motifs is 1.